The second-order valence-electron chi connectivity index (χ2n) is 5.90. The molecule has 0 aliphatic carbocycles. The van der Waals surface area contributed by atoms with Gasteiger partial charge in [-0.2, -0.15) is 0 Å². The summed E-state index contributed by atoms with van der Waals surface area (Å²) in [6.45, 7) is 3.27. The molecule has 2 aromatic rings. The molecule has 0 fully saturated rings. The highest BCUT2D eigenvalue weighted by molar-refractivity contribution is 5.92. The minimum Gasteiger partial charge on any atom is -0.508 e. The lowest BCUT2D eigenvalue weighted by Gasteiger charge is -2.19. The van der Waals surface area contributed by atoms with Gasteiger partial charge in [0.25, 0.3) is 0 Å². The van der Waals surface area contributed by atoms with Crippen LogP contribution in [0.1, 0.15) is 25.0 Å². The molecule has 5 nitrogen and oxygen atoms in total. The summed E-state index contributed by atoms with van der Waals surface area (Å²) in [7, 11) is 0. The van der Waals surface area contributed by atoms with Crippen LogP contribution in [0.15, 0.2) is 48.5 Å². The third-order valence-corrected chi connectivity index (χ3v) is 3.73. The first kappa shape index (κ1) is 16.5. The van der Waals surface area contributed by atoms with Crippen LogP contribution in [-0.4, -0.2) is 22.1 Å². The number of benzene rings is 2. The molecule has 0 atom stereocenters. The fourth-order valence-corrected chi connectivity index (χ4v) is 2.10. The average molecular weight is 313 g/mol. The topological polar surface area (TPSA) is 86.6 Å². The molecule has 0 aliphatic rings. The van der Waals surface area contributed by atoms with Crippen molar-refractivity contribution in [2.24, 2.45) is 0 Å². The number of aromatic hydroxyl groups is 1. The minimum atomic E-state index is -0.978. The maximum Gasteiger partial charge on any atom is 0.313 e. The van der Waals surface area contributed by atoms with Gasteiger partial charge in [0.15, 0.2) is 0 Å². The number of carboxylic acid groups (broad SMARTS) is 1. The van der Waals surface area contributed by atoms with Crippen LogP contribution in [0, 0.1) is 0 Å². The lowest BCUT2D eigenvalue weighted by Crippen LogP contribution is -2.28. The number of aliphatic carboxylic acids is 1. The van der Waals surface area contributed by atoms with Crippen LogP contribution in [0.3, 0.4) is 0 Å². The molecule has 5 heteroatoms. The Labute approximate surface area is 134 Å². The smallest absolute Gasteiger partial charge is 0.313 e. The van der Waals surface area contributed by atoms with Crippen LogP contribution in [0.5, 0.6) is 5.75 Å². The van der Waals surface area contributed by atoms with Crippen molar-refractivity contribution in [1.82, 2.24) is 0 Å². The molecular formula is C18H19NO4. The van der Waals surface area contributed by atoms with Crippen LogP contribution in [0.4, 0.5) is 5.69 Å². The van der Waals surface area contributed by atoms with Gasteiger partial charge < -0.3 is 15.5 Å². The van der Waals surface area contributed by atoms with E-state index in [4.69, 9.17) is 0 Å². The number of hydrogen-bond acceptors (Lipinski definition) is 3. The van der Waals surface area contributed by atoms with Gasteiger partial charge in [0.05, 0.1) is 11.8 Å². The van der Waals surface area contributed by atoms with E-state index in [9.17, 15) is 19.8 Å². The molecule has 3 N–H and O–H groups in total. The number of phenolic OH excluding ortho intramolecular Hbond substituents is 1. The number of rotatable bonds is 5. The summed E-state index contributed by atoms with van der Waals surface area (Å²) >= 11 is 0. The second-order valence-corrected chi connectivity index (χ2v) is 5.90. The maximum absolute atomic E-state index is 12.0. The van der Waals surface area contributed by atoms with Crippen LogP contribution in [0.2, 0.25) is 0 Å². The van der Waals surface area contributed by atoms with Crippen molar-refractivity contribution in [3.05, 3.63) is 59.7 Å². The Morgan fingerprint density at radius 1 is 1.00 bits per heavy atom. The second kappa shape index (κ2) is 6.52. The molecule has 0 spiro atoms. The molecule has 0 unspecified atom stereocenters. The van der Waals surface area contributed by atoms with Crippen molar-refractivity contribution >= 4 is 17.6 Å². The number of carboxylic acids is 1. The van der Waals surface area contributed by atoms with Crippen molar-refractivity contribution in [3.63, 3.8) is 0 Å². The SMILES string of the molecule is CC(C)(C(=O)O)c1ccc(NC(=O)Cc2ccc(O)cc2)cc1. The lowest BCUT2D eigenvalue weighted by molar-refractivity contribution is -0.142. The highest BCUT2D eigenvalue weighted by Crippen LogP contribution is 2.24. The molecule has 2 aromatic carbocycles. The maximum atomic E-state index is 12.0. The van der Waals surface area contributed by atoms with E-state index in [2.05, 4.69) is 5.32 Å². The van der Waals surface area contributed by atoms with Crippen molar-refractivity contribution in [2.75, 3.05) is 5.32 Å². The molecule has 1 amide bonds. The number of hydrogen-bond donors (Lipinski definition) is 3. The summed E-state index contributed by atoms with van der Waals surface area (Å²) in [5.41, 5.74) is 1.10. The minimum absolute atomic E-state index is 0.158. The van der Waals surface area contributed by atoms with Crippen LogP contribution >= 0.6 is 0 Å². The summed E-state index contributed by atoms with van der Waals surface area (Å²) in [5, 5.41) is 21.2. The van der Waals surface area contributed by atoms with E-state index in [-0.39, 0.29) is 18.1 Å². The van der Waals surface area contributed by atoms with Gasteiger partial charge in [-0.25, -0.2) is 0 Å². The standard InChI is InChI=1S/C18H19NO4/c1-18(2,17(22)23)13-5-7-14(8-6-13)19-16(21)11-12-3-9-15(20)10-4-12/h3-10,20H,11H2,1-2H3,(H,19,21)(H,22,23). The highest BCUT2D eigenvalue weighted by atomic mass is 16.4. The third-order valence-electron chi connectivity index (χ3n) is 3.73. The monoisotopic (exact) mass is 313 g/mol. The lowest BCUT2D eigenvalue weighted by atomic mass is 9.85. The van der Waals surface area contributed by atoms with E-state index in [0.717, 1.165) is 5.56 Å². The van der Waals surface area contributed by atoms with Gasteiger partial charge >= 0.3 is 5.97 Å². The van der Waals surface area contributed by atoms with Crippen molar-refractivity contribution in [2.45, 2.75) is 25.7 Å². The van der Waals surface area contributed by atoms with Crippen LogP contribution in [-0.2, 0) is 21.4 Å². The number of carbonyl (C=O) groups is 2. The first-order valence-corrected chi connectivity index (χ1v) is 7.21. The van der Waals surface area contributed by atoms with Crippen molar-refractivity contribution < 1.29 is 19.8 Å². The summed E-state index contributed by atoms with van der Waals surface area (Å²) in [5.74, 6) is -0.923. The van der Waals surface area contributed by atoms with Crippen LogP contribution in [0.25, 0.3) is 0 Å². The Morgan fingerprint density at radius 2 is 1.57 bits per heavy atom. The third kappa shape index (κ3) is 4.10. The van der Waals surface area contributed by atoms with Gasteiger partial charge in [-0.1, -0.05) is 24.3 Å². The largest absolute Gasteiger partial charge is 0.508 e. The molecule has 0 saturated carbocycles. The zero-order valence-electron chi connectivity index (χ0n) is 13.0. The van der Waals surface area contributed by atoms with Gasteiger partial charge in [0.1, 0.15) is 5.75 Å². The van der Waals surface area contributed by atoms with Crippen molar-refractivity contribution in [3.8, 4) is 5.75 Å². The van der Waals surface area contributed by atoms with E-state index >= 15 is 0 Å². The van der Waals surface area contributed by atoms with E-state index in [0.29, 0.717) is 11.3 Å². The van der Waals surface area contributed by atoms with Crippen LogP contribution < -0.4 is 5.32 Å². The summed E-state index contributed by atoms with van der Waals surface area (Å²) in [6, 6.07) is 13.2. The molecule has 0 heterocycles. The molecule has 0 saturated heterocycles. The fourth-order valence-electron chi connectivity index (χ4n) is 2.10. The normalized spacial score (nSPS) is 11.0. The molecule has 120 valence electrons. The van der Waals surface area contributed by atoms with Crippen molar-refractivity contribution in [1.29, 1.82) is 0 Å². The van der Waals surface area contributed by atoms with Gasteiger partial charge in [-0.15, -0.1) is 0 Å². The predicted octanol–water partition coefficient (Wildman–Crippen LogP) is 2.94. The Hall–Kier alpha value is -2.82. The number of phenols is 1. The molecule has 0 aliphatic heterocycles. The number of amides is 1. The summed E-state index contributed by atoms with van der Waals surface area (Å²) in [6.07, 6.45) is 0.197. The number of carbonyl (C=O) groups excluding carboxylic acids is 1. The fraction of sp³-hybridized carbons (Fsp3) is 0.222. The molecule has 2 rings (SSSR count). The molecule has 0 aromatic heterocycles. The summed E-state index contributed by atoms with van der Waals surface area (Å²) < 4.78 is 0. The molecular weight excluding hydrogens is 294 g/mol. The van der Waals surface area contributed by atoms with Gasteiger partial charge in [-0.3, -0.25) is 9.59 Å². The number of anilines is 1. The molecule has 0 bridgehead atoms. The van der Waals surface area contributed by atoms with E-state index in [1.165, 1.54) is 12.1 Å². The Kier molecular flexibility index (Phi) is 4.69. The zero-order valence-corrected chi connectivity index (χ0v) is 13.0. The zero-order chi connectivity index (χ0) is 17.0. The Bertz CT molecular complexity index is 703. The molecule has 23 heavy (non-hydrogen) atoms. The van der Waals surface area contributed by atoms with Gasteiger partial charge in [0.2, 0.25) is 5.91 Å². The van der Waals surface area contributed by atoms with Gasteiger partial charge in [0, 0.05) is 5.69 Å². The average Bonchev–Trinajstić information content (AvgIpc) is 2.50. The van der Waals surface area contributed by atoms with E-state index in [1.807, 2.05) is 0 Å². The highest BCUT2D eigenvalue weighted by Gasteiger charge is 2.29. The quantitative estimate of drug-likeness (QED) is 0.792. The predicted molar refractivity (Wildman–Crippen MR) is 87.5 cm³/mol. The number of nitrogens with one attached hydrogen (secondary N) is 1. The first-order chi connectivity index (χ1) is 10.8. The Balaban J connectivity index is 2.02. The first-order valence-electron chi connectivity index (χ1n) is 7.21. The van der Waals surface area contributed by atoms with E-state index in [1.54, 1.807) is 50.2 Å². The summed E-state index contributed by atoms with van der Waals surface area (Å²) in [4.78, 5) is 23.2. The molecule has 0 radical (unpaired) electrons. The van der Waals surface area contributed by atoms with E-state index < -0.39 is 11.4 Å². The Morgan fingerprint density at radius 3 is 2.09 bits per heavy atom. The van der Waals surface area contributed by atoms with Gasteiger partial charge in [-0.05, 0) is 49.2 Å².